The van der Waals surface area contributed by atoms with Crippen LogP contribution in [-0.4, -0.2) is 56.9 Å². The SMILES string of the molecule is O=C(O)CP(=O)(O)O.c1cnccn1.c1cnccn1.c1cnccn1. The van der Waals surface area contributed by atoms with Gasteiger partial charge in [-0.3, -0.25) is 39.3 Å². The topological polar surface area (TPSA) is 172 Å². The summed E-state index contributed by atoms with van der Waals surface area (Å²) in [6.07, 6.45) is 18.6. The van der Waals surface area contributed by atoms with Crippen molar-refractivity contribution in [2.45, 2.75) is 0 Å². The minimum Gasteiger partial charge on any atom is -0.481 e. The zero-order valence-electron chi connectivity index (χ0n) is 13.4. The summed E-state index contributed by atoms with van der Waals surface area (Å²) in [5.41, 5.74) is 0. The van der Waals surface area contributed by atoms with Crippen molar-refractivity contribution in [1.82, 2.24) is 29.9 Å². The third-order valence-electron chi connectivity index (χ3n) is 1.77. The van der Waals surface area contributed by atoms with Crippen LogP contribution in [0.4, 0.5) is 0 Å². The van der Waals surface area contributed by atoms with Gasteiger partial charge in [0.05, 0.1) is 0 Å². The predicted molar refractivity (Wildman–Crippen MR) is 90.6 cm³/mol. The number of nitrogens with zero attached hydrogens (tertiary/aromatic N) is 6. The van der Waals surface area contributed by atoms with Crippen molar-refractivity contribution >= 4 is 13.6 Å². The van der Waals surface area contributed by atoms with E-state index in [9.17, 15) is 9.36 Å². The van der Waals surface area contributed by atoms with Gasteiger partial charge >= 0.3 is 13.6 Å². The fourth-order valence-electron chi connectivity index (χ4n) is 0.936. The summed E-state index contributed by atoms with van der Waals surface area (Å²) in [5.74, 6) is -1.49. The van der Waals surface area contributed by atoms with E-state index in [1.807, 2.05) is 0 Å². The van der Waals surface area contributed by atoms with Crippen LogP contribution < -0.4 is 0 Å². The van der Waals surface area contributed by atoms with Crippen LogP contribution in [0.5, 0.6) is 0 Å². The summed E-state index contributed by atoms with van der Waals surface area (Å²) < 4.78 is 9.76. The molecule has 0 unspecified atom stereocenters. The standard InChI is InChI=1S/3C4H4N2.C2H5O5P/c3*1-2-6-4-3-5-1;3-2(4)1-8(5,6)7/h3*1-4H;1H2,(H,3,4)(H2,5,6,7). The lowest BCUT2D eigenvalue weighted by Crippen LogP contribution is -2.01. The van der Waals surface area contributed by atoms with Gasteiger partial charge in [-0.2, -0.15) is 0 Å². The highest BCUT2D eigenvalue weighted by molar-refractivity contribution is 7.52. The number of hydrogen-bond donors (Lipinski definition) is 3. The van der Waals surface area contributed by atoms with Gasteiger partial charge < -0.3 is 14.9 Å². The normalized spacial score (nSPS) is 9.00. The molecule has 26 heavy (non-hydrogen) atoms. The molecule has 0 saturated carbocycles. The molecule has 3 rings (SSSR count). The van der Waals surface area contributed by atoms with E-state index in [2.05, 4.69) is 29.9 Å². The van der Waals surface area contributed by atoms with Crippen molar-refractivity contribution in [3.63, 3.8) is 0 Å². The lowest BCUT2D eigenvalue weighted by atomic mass is 10.8. The second-order valence-electron chi connectivity index (χ2n) is 3.90. The maximum Gasteiger partial charge on any atom is 0.336 e. The summed E-state index contributed by atoms with van der Waals surface area (Å²) >= 11 is 0. The Labute approximate surface area is 149 Å². The first kappa shape index (κ1) is 22.9. The van der Waals surface area contributed by atoms with Gasteiger partial charge in [0.25, 0.3) is 0 Å². The van der Waals surface area contributed by atoms with Gasteiger partial charge in [0.15, 0.2) is 0 Å². The van der Waals surface area contributed by atoms with Crippen molar-refractivity contribution in [2.75, 3.05) is 6.16 Å². The zero-order chi connectivity index (χ0) is 19.5. The van der Waals surface area contributed by atoms with Crippen molar-refractivity contribution in [2.24, 2.45) is 0 Å². The zero-order valence-corrected chi connectivity index (χ0v) is 14.3. The van der Waals surface area contributed by atoms with Crippen molar-refractivity contribution < 1.29 is 24.3 Å². The molecule has 0 radical (unpaired) electrons. The van der Waals surface area contributed by atoms with E-state index in [0.717, 1.165) is 0 Å². The Kier molecular flexibility index (Phi) is 13.5. The van der Waals surface area contributed by atoms with E-state index in [4.69, 9.17) is 14.9 Å². The van der Waals surface area contributed by atoms with E-state index < -0.39 is 19.7 Å². The molecule has 0 atom stereocenters. The summed E-state index contributed by atoms with van der Waals surface area (Å²) in [6.45, 7) is 0. The molecule has 0 amide bonds. The van der Waals surface area contributed by atoms with E-state index in [-0.39, 0.29) is 0 Å². The Morgan fingerprint density at radius 2 is 0.808 bits per heavy atom. The second kappa shape index (κ2) is 15.4. The number of aliphatic carboxylic acids is 1. The fraction of sp³-hybridized carbons (Fsp3) is 0.0714. The van der Waals surface area contributed by atoms with Gasteiger partial charge in [-0.05, 0) is 0 Å². The quantitative estimate of drug-likeness (QED) is 0.533. The minimum atomic E-state index is -4.32. The number of hydrogen-bond acceptors (Lipinski definition) is 8. The Morgan fingerprint density at radius 3 is 0.846 bits per heavy atom. The highest BCUT2D eigenvalue weighted by Crippen LogP contribution is 2.33. The smallest absolute Gasteiger partial charge is 0.336 e. The van der Waals surface area contributed by atoms with Crippen LogP contribution in [0, 0.1) is 0 Å². The highest BCUT2D eigenvalue weighted by atomic mass is 31.2. The average molecular weight is 380 g/mol. The first-order valence-electron chi connectivity index (χ1n) is 6.78. The summed E-state index contributed by atoms with van der Waals surface area (Å²) in [6, 6.07) is 0. The van der Waals surface area contributed by atoms with Crippen LogP contribution in [0.3, 0.4) is 0 Å². The molecule has 0 aliphatic rings. The molecule has 3 aromatic heterocycles. The Morgan fingerprint density at radius 1 is 0.615 bits per heavy atom. The van der Waals surface area contributed by atoms with Gasteiger partial charge in [-0.1, -0.05) is 0 Å². The molecule has 3 heterocycles. The average Bonchev–Trinajstić information content (AvgIpc) is 2.65. The summed E-state index contributed by atoms with van der Waals surface area (Å²) in [7, 11) is -4.32. The lowest BCUT2D eigenvalue weighted by molar-refractivity contribution is -0.134. The second-order valence-corrected chi connectivity index (χ2v) is 5.55. The third-order valence-corrected chi connectivity index (χ3v) is 2.46. The fourth-order valence-corrected chi connectivity index (χ4v) is 1.29. The van der Waals surface area contributed by atoms with Gasteiger partial charge in [-0.15, -0.1) is 0 Å². The Bertz CT molecular complexity index is 563. The molecule has 0 bridgehead atoms. The molecule has 0 aromatic carbocycles. The lowest BCUT2D eigenvalue weighted by Gasteiger charge is -1.95. The highest BCUT2D eigenvalue weighted by Gasteiger charge is 2.17. The van der Waals surface area contributed by atoms with Crippen LogP contribution in [0.1, 0.15) is 0 Å². The molecular weight excluding hydrogens is 363 g/mol. The number of carboxylic acid groups (broad SMARTS) is 1. The number of aromatic nitrogens is 6. The monoisotopic (exact) mass is 380 g/mol. The molecule has 0 fully saturated rings. The van der Waals surface area contributed by atoms with Crippen LogP contribution >= 0.6 is 7.60 Å². The van der Waals surface area contributed by atoms with Crippen LogP contribution in [0.25, 0.3) is 0 Å². The summed E-state index contributed by atoms with van der Waals surface area (Å²) in [5, 5.41) is 7.76. The van der Waals surface area contributed by atoms with Crippen LogP contribution in [-0.2, 0) is 9.36 Å². The Balaban J connectivity index is 0.000000322. The first-order chi connectivity index (χ1) is 12.4. The largest absolute Gasteiger partial charge is 0.481 e. The molecule has 0 aliphatic heterocycles. The van der Waals surface area contributed by atoms with E-state index in [1.165, 1.54) is 0 Å². The van der Waals surface area contributed by atoms with E-state index >= 15 is 0 Å². The molecular formula is C14H17N6O5P. The molecule has 12 heteroatoms. The van der Waals surface area contributed by atoms with Crippen molar-refractivity contribution in [3.05, 3.63) is 74.4 Å². The van der Waals surface area contributed by atoms with Gasteiger partial charge in [0.1, 0.15) is 6.16 Å². The maximum absolute atomic E-state index is 9.76. The Hall–Kier alpha value is -3.14. The van der Waals surface area contributed by atoms with Gasteiger partial charge in [-0.25, -0.2) is 0 Å². The summed E-state index contributed by atoms with van der Waals surface area (Å²) in [4.78, 5) is 47.7. The first-order valence-corrected chi connectivity index (χ1v) is 8.58. The number of carbonyl (C=O) groups is 1. The minimum absolute atomic E-state index is 1.09. The number of carboxylic acids is 1. The van der Waals surface area contributed by atoms with Gasteiger partial charge in [0, 0.05) is 74.4 Å². The predicted octanol–water partition coefficient (Wildman–Crippen LogP) is 0.678. The molecule has 3 aromatic rings. The van der Waals surface area contributed by atoms with E-state index in [0.29, 0.717) is 0 Å². The number of rotatable bonds is 2. The molecule has 138 valence electrons. The molecule has 0 aliphatic carbocycles. The van der Waals surface area contributed by atoms with E-state index in [1.54, 1.807) is 74.4 Å². The van der Waals surface area contributed by atoms with Crippen molar-refractivity contribution in [1.29, 1.82) is 0 Å². The molecule has 11 nitrogen and oxygen atoms in total. The van der Waals surface area contributed by atoms with Crippen LogP contribution in [0.15, 0.2) is 74.4 Å². The van der Waals surface area contributed by atoms with Gasteiger partial charge in [0.2, 0.25) is 0 Å². The molecule has 3 N–H and O–H groups in total. The maximum atomic E-state index is 9.76. The third kappa shape index (κ3) is 20.9. The molecule has 0 spiro atoms. The molecule has 0 saturated heterocycles. The van der Waals surface area contributed by atoms with Crippen LogP contribution in [0.2, 0.25) is 0 Å². The van der Waals surface area contributed by atoms with Crippen molar-refractivity contribution in [3.8, 4) is 0 Å².